The molecule has 3 aromatic rings. The minimum absolute atomic E-state index is 0.122. The molecule has 0 bridgehead atoms. The number of azo groups is 2. The first-order valence-corrected chi connectivity index (χ1v) is 16.8. The first kappa shape index (κ1) is 34.4. The van der Waals surface area contributed by atoms with Crippen LogP contribution in [0.25, 0.3) is 0 Å². The zero-order valence-corrected chi connectivity index (χ0v) is 27.6. The van der Waals surface area contributed by atoms with Crippen LogP contribution in [0.4, 0.5) is 28.4 Å². The molecular formula is C35H43Cl2N5O3. The summed E-state index contributed by atoms with van der Waals surface area (Å²) in [6, 6.07) is 19.0. The maximum Gasteiger partial charge on any atom is 0.305 e. The Morgan fingerprint density at radius 3 is 1.73 bits per heavy atom. The molecule has 0 atom stereocenters. The second-order valence-electron chi connectivity index (χ2n) is 11.1. The minimum atomic E-state index is -0.122. The lowest BCUT2D eigenvalue weighted by Crippen LogP contribution is -2.29. The SMILES string of the molecule is CCC(=O)OCCCCCCCCCOc1cc(Cl)c(N=Nc2ccc(N=Nc3ccc(N4CCCCC4)cc3)cc2)c(Cl)c1. The van der Waals surface area contributed by atoms with Crippen LogP contribution in [0.1, 0.15) is 77.6 Å². The Kier molecular flexibility index (Phi) is 14.6. The van der Waals surface area contributed by atoms with Crippen molar-refractivity contribution in [3.63, 3.8) is 0 Å². The van der Waals surface area contributed by atoms with Gasteiger partial charge in [-0.2, -0.15) is 15.3 Å². The van der Waals surface area contributed by atoms with Gasteiger partial charge < -0.3 is 14.4 Å². The number of ether oxygens (including phenoxy) is 2. The molecule has 0 aromatic heterocycles. The third kappa shape index (κ3) is 12.1. The van der Waals surface area contributed by atoms with E-state index in [2.05, 4.69) is 37.5 Å². The quantitative estimate of drug-likeness (QED) is 0.0824. The van der Waals surface area contributed by atoms with E-state index in [9.17, 15) is 4.79 Å². The summed E-state index contributed by atoms with van der Waals surface area (Å²) in [5, 5.41) is 18.1. The first-order valence-electron chi connectivity index (χ1n) is 16.1. The second-order valence-corrected chi connectivity index (χ2v) is 11.9. The van der Waals surface area contributed by atoms with Gasteiger partial charge in [0, 0.05) is 37.3 Å². The summed E-state index contributed by atoms with van der Waals surface area (Å²) >= 11 is 12.9. The average Bonchev–Trinajstić information content (AvgIpc) is 3.07. The van der Waals surface area contributed by atoms with Gasteiger partial charge in [-0.25, -0.2) is 0 Å². The van der Waals surface area contributed by atoms with Gasteiger partial charge in [0.05, 0.1) is 40.3 Å². The molecule has 0 saturated carbocycles. The van der Waals surface area contributed by atoms with Crippen LogP contribution in [0.15, 0.2) is 81.1 Å². The van der Waals surface area contributed by atoms with Gasteiger partial charge in [0.2, 0.25) is 0 Å². The van der Waals surface area contributed by atoms with Crippen LogP contribution >= 0.6 is 23.2 Å². The molecule has 10 heteroatoms. The maximum atomic E-state index is 11.1. The highest BCUT2D eigenvalue weighted by Crippen LogP contribution is 2.38. The molecule has 8 nitrogen and oxygen atoms in total. The highest BCUT2D eigenvalue weighted by atomic mass is 35.5. The Labute approximate surface area is 276 Å². The van der Waals surface area contributed by atoms with Crippen LogP contribution in [-0.4, -0.2) is 32.3 Å². The monoisotopic (exact) mass is 651 g/mol. The standard InChI is InChI=1S/C35H43Cl2N5O3/c1-2-34(43)45-24-12-7-5-3-4-6-11-23-44-31-25-32(36)35(33(37)26-31)41-40-28-15-13-27(14-16-28)38-39-29-17-19-30(20-18-29)42-21-9-8-10-22-42/h13-20,25-26H,2-12,21-24H2,1H3. The lowest BCUT2D eigenvalue weighted by atomic mass is 10.1. The van der Waals surface area contributed by atoms with Gasteiger partial charge in [0.1, 0.15) is 11.4 Å². The van der Waals surface area contributed by atoms with Crippen LogP contribution in [0.2, 0.25) is 10.0 Å². The molecule has 1 saturated heterocycles. The highest BCUT2D eigenvalue weighted by molar-refractivity contribution is 6.38. The van der Waals surface area contributed by atoms with Crippen LogP contribution in [0.3, 0.4) is 0 Å². The van der Waals surface area contributed by atoms with Crippen molar-refractivity contribution in [1.82, 2.24) is 0 Å². The molecule has 0 spiro atoms. The third-order valence-electron chi connectivity index (χ3n) is 7.57. The molecule has 1 heterocycles. The fraction of sp³-hybridized carbons (Fsp3) is 0.457. The fourth-order valence-corrected chi connectivity index (χ4v) is 5.52. The fourth-order valence-electron chi connectivity index (χ4n) is 4.98. The Bertz CT molecular complexity index is 1370. The van der Waals surface area contributed by atoms with Gasteiger partial charge in [-0.05, 0) is 80.6 Å². The summed E-state index contributed by atoms with van der Waals surface area (Å²) in [7, 11) is 0. The lowest BCUT2D eigenvalue weighted by molar-refractivity contribution is -0.143. The van der Waals surface area contributed by atoms with Crippen molar-refractivity contribution in [1.29, 1.82) is 0 Å². The minimum Gasteiger partial charge on any atom is -0.493 e. The molecule has 0 unspecified atom stereocenters. The van der Waals surface area contributed by atoms with E-state index in [1.807, 2.05) is 43.3 Å². The van der Waals surface area contributed by atoms with Crippen molar-refractivity contribution in [3.05, 3.63) is 70.7 Å². The number of carbonyl (C=O) groups is 1. The Morgan fingerprint density at radius 1 is 0.689 bits per heavy atom. The lowest BCUT2D eigenvalue weighted by Gasteiger charge is -2.28. The number of carbonyl (C=O) groups excluding carboxylic acids is 1. The summed E-state index contributed by atoms with van der Waals surface area (Å²) < 4.78 is 11.0. The Hall–Kier alpha value is -3.49. The number of piperidine rings is 1. The largest absolute Gasteiger partial charge is 0.493 e. The van der Waals surface area contributed by atoms with Gasteiger partial charge in [0.25, 0.3) is 0 Å². The van der Waals surface area contributed by atoms with Gasteiger partial charge in [-0.15, -0.1) is 5.11 Å². The number of rotatable bonds is 17. The van der Waals surface area contributed by atoms with E-state index >= 15 is 0 Å². The van der Waals surface area contributed by atoms with Crippen LogP contribution in [0, 0.1) is 0 Å². The van der Waals surface area contributed by atoms with E-state index in [4.69, 9.17) is 32.7 Å². The maximum absolute atomic E-state index is 11.1. The molecule has 0 radical (unpaired) electrons. The van der Waals surface area contributed by atoms with E-state index in [1.54, 1.807) is 12.1 Å². The number of unbranched alkanes of at least 4 members (excludes halogenated alkanes) is 6. The molecule has 0 amide bonds. The highest BCUT2D eigenvalue weighted by Gasteiger charge is 2.11. The van der Waals surface area contributed by atoms with E-state index in [0.29, 0.717) is 46.8 Å². The van der Waals surface area contributed by atoms with E-state index in [-0.39, 0.29) is 5.97 Å². The summed E-state index contributed by atoms with van der Waals surface area (Å²) in [4.78, 5) is 13.5. The molecule has 1 fully saturated rings. The van der Waals surface area contributed by atoms with Gasteiger partial charge in [0.15, 0.2) is 0 Å². The van der Waals surface area contributed by atoms with Crippen molar-refractivity contribution in [2.24, 2.45) is 20.5 Å². The molecule has 0 aliphatic carbocycles. The summed E-state index contributed by atoms with van der Waals surface area (Å²) in [6.45, 7) is 5.17. The molecular weight excluding hydrogens is 609 g/mol. The van der Waals surface area contributed by atoms with Gasteiger partial charge in [-0.3, -0.25) is 4.79 Å². The van der Waals surface area contributed by atoms with Crippen LogP contribution < -0.4 is 9.64 Å². The van der Waals surface area contributed by atoms with E-state index in [1.165, 1.54) is 31.4 Å². The van der Waals surface area contributed by atoms with Gasteiger partial charge >= 0.3 is 5.97 Å². The molecule has 240 valence electrons. The number of benzene rings is 3. The molecule has 45 heavy (non-hydrogen) atoms. The molecule has 1 aliphatic rings. The molecule has 0 N–H and O–H groups in total. The van der Waals surface area contributed by atoms with Gasteiger partial charge in [-0.1, -0.05) is 62.2 Å². The Balaban J connectivity index is 1.16. The molecule has 1 aliphatic heterocycles. The van der Waals surface area contributed by atoms with Crippen molar-refractivity contribution in [2.45, 2.75) is 77.6 Å². The normalized spacial score (nSPS) is 13.5. The van der Waals surface area contributed by atoms with E-state index < -0.39 is 0 Å². The second kappa shape index (κ2) is 19.1. The number of halogens is 2. The predicted molar refractivity (Wildman–Crippen MR) is 183 cm³/mol. The topological polar surface area (TPSA) is 88.2 Å². The smallest absolute Gasteiger partial charge is 0.305 e. The zero-order chi connectivity index (χ0) is 31.7. The summed E-state index contributed by atoms with van der Waals surface area (Å²) in [6.07, 6.45) is 11.8. The van der Waals surface area contributed by atoms with Crippen LogP contribution in [-0.2, 0) is 9.53 Å². The summed E-state index contributed by atoms with van der Waals surface area (Å²) in [5.41, 5.74) is 3.81. The third-order valence-corrected chi connectivity index (χ3v) is 8.14. The van der Waals surface area contributed by atoms with Crippen molar-refractivity contribution in [3.8, 4) is 5.75 Å². The number of esters is 1. The zero-order valence-electron chi connectivity index (χ0n) is 26.1. The average molecular weight is 653 g/mol. The van der Waals surface area contributed by atoms with E-state index in [0.717, 1.165) is 63.0 Å². The first-order chi connectivity index (χ1) is 22.0. The van der Waals surface area contributed by atoms with Crippen molar-refractivity contribution in [2.75, 3.05) is 31.2 Å². The molecule has 4 rings (SSSR count). The Morgan fingerprint density at radius 2 is 1.18 bits per heavy atom. The predicted octanol–water partition coefficient (Wildman–Crippen LogP) is 11.9. The molecule has 3 aromatic carbocycles. The summed E-state index contributed by atoms with van der Waals surface area (Å²) in [5.74, 6) is 0.490. The number of nitrogens with zero attached hydrogens (tertiary/aromatic N) is 5. The number of hydrogen-bond donors (Lipinski definition) is 0. The number of anilines is 1. The number of hydrogen-bond acceptors (Lipinski definition) is 8. The van der Waals surface area contributed by atoms with Crippen LogP contribution in [0.5, 0.6) is 5.75 Å². The van der Waals surface area contributed by atoms with Crippen molar-refractivity contribution < 1.29 is 14.3 Å². The van der Waals surface area contributed by atoms with Crippen molar-refractivity contribution >= 4 is 57.6 Å².